The lowest BCUT2D eigenvalue weighted by Gasteiger charge is -2.09. The Hall–Kier alpha value is -3.59. The second-order valence-corrected chi connectivity index (χ2v) is 7.60. The Kier molecular flexibility index (Phi) is 5.28. The molecule has 0 aliphatic carbocycles. The molecule has 0 radical (unpaired) electrons. The van der Waals surface area contributed by atoms with Gasteiger partial charge in [0.15, 0.2) is 5.65 Å². The molecule has 3 aromatic heterocycles. The summed E-state index contributed by atoms with van der Waals surface area (Å²) in [7, 11) is 1.21. The number of fused-ring (bicyclic) bond motifs is 1. The summed E-state index contributed by atoms with van der Waals surface area (Å²) in [4.78, 5) is 30.1. The normalized spacial score (nSPS) is 10.9. The number of nitrogens with zero attached hydrogens (tertiary/aromatic N) is 3. The number of amides is 1. The van der Waals surface area contributed by atoms with Crippen LogP contribution < -0.4 is 5.32 Å². The van der Waals surface area contributed by atoms with E-state index in [1.807, 2.05) is 17.5 Å². The summed E-state index contributed by atoms with van der Waals surface area (Å²) in [6.07, 6.45) is 1.58. The number of hydrogen-bond acceptors (Lipinski definition) is 6. The van der Waals surface area contributed by atoms with Crippen LogP contribution in [0.5, 0.6) is 0 Å². The van der Waals surface area contributed by atoms with Gasteiger partial charge in [-0.05, 0) is 42.6 Å². The number of aromatic nitrogens is 3. The first kappa shape index (κ1) is 19.7. The molecule has 9 heteroatoms. The SMILES string of the molecule is COC(=O)c1ccc(NC(=O)c2cc(C)nc3c2cnn3Cc2cccs2)c(F)c1. The lowest BCUT2D eigenvalue weighted by Crippen LogP contribution is -2.15. The van der Waals surface area contributed by atoms with Gasteiger partial charge >= 0.3 is 5.97 Å². The molecule has 0 atom stereocenters. The van der Waals surface area contributed by atoms with Crippen LogP contribution in [-0.2, 0) is 11.3 Å². The summed E-state index contributed by atoms with van der Waals surface area (Å²) < 4.78 is 20.7. The van der Waals surface area contributed by atoms with E-state index in [1.54, 1.807) is 35.2 Å². The van der Waals surface area contributed by atoms with Crippen molar-refractivity contribution >= 4 is 39.9 Å². The van der Waals surface area contributed by atoms with Crippen LogP contribution in [0, 0.1) is 12.7 Å². The van der Waals surface area contributed by atoms with E-state index in [0.717, 1.165) is 10.9 Å². The van der Waals surface area contributed by atoms with Crippen molar-refractivity contribution in [3.8, 4) is 0 Å². The number of benzene rings is 1. The molecule has 0 saturated heterocycles. The Morgan fingerprint density at radius 1 is 1.27 bits per heavy atom. The Morgan fingerprint density at radius 2 is 2.10 bits per heavy atom. The van der Waals surface area contributed by atoms with Gasteiger partial charge in [-0.2, -0.15) is 5.10 Å². The maximum Gasteiger partial charge on any atom is 0.337 e. The van der Waals surface area contributed by atoms with E-state index >= 15 is 0 Å². The molecule has 4 aromatic rings. The number of ether oxygens (including phenoxy) is 1. The molecule has 1 aromatic carbocycles. The maximum absolute atomic E-state index is 14.4. The minimum Gasteiger partial charge on any atom is -0.465 e. The third-order valence-electron chi connectivity index (χ3n) is 4.51. The van der Waals surface area contributed by atoms with E-state index in [0.29, 0.717) is 28.8 Å². The predicted molar refractivity (Wildman–Crippen MR) is 111 cm³/mol. The molecule has 152 valence electrons. The van der Waals surface area contributed by atoms with Crippen LogP contribution in [0.25, 0.3) is 11.0 Å². The van der Waals surface area contributed by atoms with Crippen molar-refractivity contribution in [1.82, 2.24) is 14.8 Å². The van der Waals surface area contributed by atoms with E-state index in [-0.39, 0.29) is 11.3 Å². The lowest BCUT2D eigenvalue weighted by atomic mass is 10.1. The average molecular weight is 424 g/mol. The molecule has 7 nitrogen and oxygen atoms in total. The zero-order valence-corrected chi connectivity index (χ0v) is 17.0. The summed E-state index contributed by atoms with van der Waals surface area (Å²) in [6.45, 7) is 2.33. The Labute approximate surface area is 175 Å². The van der Waals surface area contributed by atoms with Crippen molar-refractivity contribution in [2.75, 3.05) is 12.4 Å². The van der Waals surface area contributed by atoms with Crippen molar-refractivity contribution in [1.29, 1.82) is 0 Å². The fraction of sp³-hybridized carbons (Fsp3) is 0.143. The standard InChI is InChI=1S/C21H17FN4O3S/c1-12-8-15(16-10-23-26(19(16)24-12)11-14-4-3-7-30-14)20(27)25-18-6-5-13(9-17(18)22)21(28)29-2/h3-10H,11H2,1-2H3,(H,25,27). The van der Waals surface area contributed by atoms with Gasteiger partial charge < -0.3 is 10.1 Å². The van der Waals surface area contributed by atoms with Crippen LogP contribution in [-0.4, -0.2) is 33.8 Å². The fourth-order valence-electron chi connectivity index (χ4n) is 3.08. The third-order valence-corrected chi connectivity index (χ3v) is 5.37. The molecule has 1 amide bonds. The van der Waals surface area contributed by atoms with Gasteiger partial charge in [-0.1, -0.05) is 6.07 Å². The van der Waals surface area contributed by atoms with Crippen molar-refractivity contribution < 1.29 is 18.7 Å². The van der Waals surface area contributed by atoms with Crippen molar-refractivity contribution in [3.05, 3.63) is 75.5 Å². The molecule has 30 heavy (non-hydrogen) atoms. The number of aryl methyl sites for hydroxylation is 1. The van der Waals surface area contributed by atoms with Crippen LogP contribution in [0.2, 0.25) is 0 Å². The highest BCUT2D eigenvalue weighted by Crippen LogP contribution is 2.23. The number of pyridine rings is 1. The number of anilines is 1. The first-order chi connectivity index (χ1) is 14.5. The highest BCUT2D eigenvalue weighted by Gasteiger charge is 2.18. The minimum absolute atomic E-state index is 0.0405. The van der Waals surface area contributed by atoms with E-state index in [9.17, 15) is 14.0 Å². The number of rotatable bonds is 5. The van der Waals surface area contributed by atoms with Gasteiger partial charge in [0.2, 0.25) is 0 Å². The van der Waals surface area contributed by atoms with Crippen LogP contribution in [0.4, 0.5) is 10.1 Å². The minimum atomic E-state index is -0.735. The number of carbonyl (C=O) groups excluding carboxylic acids is 2. The van der Waals surface area contributed by atoms with Gasteiger partial charge in [-0.25, -0.2) is 18.9 Å². The number of esters is 1. The zero-order chi connectivity index (χ0) is 21.3. The number of hydrogen-bond donors (Lipinski definition) is 1. The van der Waals surface area contributed by atoms with Gasteiger partial charge in [0, 0.05) is 10.6 Å². The highest BCUT2D eigenvalue weighted by atomic mass is 32.1. The Bertz CT molecular complexity index is 1250. The van der Waals surface area contributed by atoms with E-state index < -0.39 is 17.7 Å². The van der Waals surface area contributed by atoms with Crippen LogP contribution in [0.1, 0.15) is 31.3 Å². The van der Waals surface area contributed by atoms with Gasteiger partial charge in [0.05, 0.1) is 42.1 Å². The predicted octanol–water partition coefficient (Wildman–Crippen LogP) is 4.03. The Morgan fingerprint density at radius 3 is 2.80 bits per heavy atom. The summed E-state index contributed by atoms with van der Waals surface area (Å²) >= 11 is 1.61. The molecule has 0 aliphatic heterocycles. The fourth-order valence-corrected chi connectivity index (χ4v) is 3.76. The quantitative estimate of drug-likeness (QED) is 0.489. The van der Waals surface area contributed by atoms with Crippen molar-refractivity contribution in [2.45, 2.75) is 13.5 Å². The number of halogens is 1. The lowest BCUT2D eigenvalue weighted by molar-refractivity contribution is 0.0600. The van der Waals surface area contributed by atoms with Crippen molar-refractivity contribution in [2.24, 2.45) is 0 Å². The monoisotopic (exact) mass is 424 g/mol. The van der Waals surface area contributed by atoms with Crippen LogP contribution >= 0.6 is 11.3 Å². The molecular formula is C21H17FN4O3S. The van der Waals surface area contributed by atoms with Gasteiger partial charge in [-0.15, -0.1) is 11.3 Å². The second kappa shape index (κ2) is 8.03. The number of carbonyl (C=O) groups is 2. The molecular weight excluding hydrogens is 407 g/mol. The number of thiophene rings is 1. The summed E-state index contributed by atoms with van der Waals surface area (Å²) in [5, 5.41) is 9.49. The molecule has 1 N–H and O–H groups in total. The molecule has 0 saturated carbocycles. The molecule has 0 unspecified atom stereocenters. The largest absolute Gasteiger partial charge is 0.465 e. The topological polar surface area (TPSA) is 86.1 Å². The smallest absolute Gasteiger partial charge is 0.337 e. The van der Waals surface area contributed by atoms with Crippen LogP contribution in [0.3, 0.4) is 0 Å². The molecule has 0 spiro atoms. The van der Waals surface area contributed by atoms with E-state index in [4.69, 9.17) is 0 Å². The molecule has 4 rings (SSSR count). The maximum atomic E-state index is 14.4. The van der Waals surface area contributed by atoms with Gasteiger partial charge in [0.25, 0.3) is 5.91 Å². The summed E-state index contributed by atoms with van der Waals surface area (Å²) in [5.41, 5.74) is 1.58. The summed E-state index contributed by atoms with van der Waals surface area (Å²) in [5.74, 6) is -1.89. The highest BCUT2D eigenvalue weighted by molar-refractivity contribution is 7.09. The van der Waals surface area contributed by atoms with E-state index in [2.05, 4.69) is 20.1 Å². The molecule has 3 heterocycles. The molecule has 0 bridgehead atoms. The number of nitrogens with one attached hydrogen (secondary N) is 1. The average Bonchev–Trinajstić information content (AvgIpc) is 3.39. The van der Waals surface area contributed by atoms with Gasteiger partial charge in [-0.3, -0.25) is 4.79 Å². The Balaban J connectivity index is 1.65. The first-order valence-electron chi connectivity index (χ1n) is 9.01. The first-order valence-corrected chi connectivity index (χ1v) is 9.89. The summed E-state index contributed by atoms with van der Waals surface area (Å²) in [6, 6.07) is 9.33. The third kappa shape index (κ3) is 3.79. The van der Waals surface area contributed by atoms with E-state index in [1.165, 1.54) is 19.2 Å². The molecule has 0 fully saturated rings. The zero-order valence-electron chi connectivity index (χ0n) is 16.2. The number of methoxy groups -OCH3 is 1. The second-order valence-electron chi connectivity index (χ2n) is 6.57. The molecule has 0 aliphatic rings. The van der Waals surface area contributed by atoms with Crippen molar-refractivity contribution in [3.63, 3.8) is 0 Å². The van der Waals surface area contributed by atoms with Crippen LogP contribution in [0.15, 0.2) is 48.0 Å². The van der Waals surface area contributed by atoms with Gasteiger partial charge in [0.1, 0.15) is 5.82 Å².